The van der Waals surface area contributed by atoms with E-state index in [1.54, 1.807) is 0 Å². The molecular formula is C99H68O5. The summed E-state index contributed by atoms with van der Waals surface area (Å²) in [6, 6.07) is 132. The van der Waals surface area contributed by atoms with Gasteiger partial charge in [0.1, 0.15) is 11.5 Å². The van der Waals surface area contributed by atoms with Gasteiger partial charge in [0.05, 0.1) is 11.1 Å². The van der Waals surface area contributed by atoms with Gasteiger partial charge in [-0.25, -0.2) is 9.59 Å². The first-order chi connectivity index (χ1) is 51.2. The van der Waals surface area contributed by atoms with Crippen molar-refractivity contribution in [3.05, 3.63) is 399 Å². The van der Waals surface area contributed by atoms with E-state index in [9.17, 15) is 19.8 Å². The summed E-state index contributed by atoms with van der Waals surface area (Å²) in [6.07, 6.45) is 0. The molecule has 0 saturated heterocycles. The molecule has 0 aliphatic rings. The summed E-state index contributed by atoms with van der Waals surface area (Å²) in [5.41, 5.74) is 27.1. The highest BCUT2D eigenvalue weighted by Crippen LogP contribution is 2.55. The van der Waals surface area contributed by atoms with Gasteiger partial charge in [-0.3, -0.25) is 0 Å². The Hall–Kier alpha value is -13.7. The number of carboxylic acids is 2. The molecule has 0 saturated carbocycles. The Kier molecular flexibility index (Phi) is 18.0. The topological polar surface area (TPSA) is 83.8 Å². The number of aryl methyl sites for hydroxylation is 1. The van der Waals surface area contributed by atoms with E-state index in [0.29, 0.717) is 50.4 Å². The molecule has 16 rings (SSSR count). The highest BCUT2D eigenvalue weighted by Gasteiger charge is 2.34. The summed E-state index contributed by atoms with van der Waals surface area (Å²) in [5, 5.41) is 22.4. The van der Waals surface area contributed by atoms with Gasteiger partial charge in [-0.1, -0.05) is 351 Å². The van der Waals surface area contributed by atoms with E-state index >= 15 is 0 Å². The second kappa shape index (κ2) is 28.8. The third-order valence-corrected chi connectivity index (χ3v) is 19.6. The Balaban J connectivity index is 0.844. The van der Waals surface area contributed by atoms with Crippen LogP contribution in [0.4, 0.5) is 0 Å². The van der Waals surface area contributed by atoms with Crippen molar-refractivity contribution < 1.29 is 24.5 Å². The van der Waals surface area contributed by atoms with Crippen LogP contribution in [0, 0.1) is 6.92 Å². The molecule has 0 aromatic heterocycles. The molecule has 0 heterocycles. The molecule has 5 nitrogen and oxygen atoms in total. The maximum atomic E-state index is 13.8. The minimum absolute atomic E-state index is 0.288. The molecule has 2 N–H and O–H groups in total. The lowest BCUT2D eigenvalue weighted by atomic mass is 9.77. The molecule has 0 radical (unpaired) electrons. The van der Waals surface area contributed by atoms with Crippen molar-refractivity contribution in [2.45, 2.75) is 6.92 Å². The molecule has 0 aliphatic heterocycles. The Morgan fingerprint density at radius 2 is 0.375 bits per heavy atom. The number of carboxylic acid groups (broad SMARTS) is 2. The highest BCUT2D eigenvalue weighted by molar-refractivity contribution is 6.19. The molecule has 0 atom stereocenters. The zero-order chi connectivity index (χ0) is 70.5. The third-order valence-electron chi connectivity index (χ3n) is 19.6. The van der Waals surface area contributed by atoms with Gasteiger partial charge in [0.25, 0.3) is 0 Å². The van der Waals surface area contributed by atoms with Crippen molar-refractivity contribution in [2.75, 3.05) is 0 Å². The standard InChI is InChI=1S/C99H68O5/c1-65-47-49-77(50-48-65)88-82(66-29-11-2-12-30-66)63-84(86(70-33-15-4-16-34-70)90(88)72-37-19-6-20-38-72)68-51-53-69(54-52-68)85-64-83(67-31-13-3-14-32-67)89(91(73-39-21-7-22-40-73)87(85)71-35-17-5-18-36-71)78-55-59-80(60-56-78)104-81-61-57-79(58-62-81)93-92(74-41-23-8-24-42-74)94(75-43-25-9-26-44-75)96(98(100)101)97(99(102)103)95(93)76-45-27-10-28-46-76/h2-64H,1H3,(H,100,101)(H,102,103). The van der Waals surface area contributed by atoms with Crippen molar-refractivity contribution in [3.63, 3.8) is 0 Å². The van der Waals surface area contributed by atoms with E-state index in [1.807, 2.05) is 127 Å². The van der Waals surface area contributed by atoms with Crippen LogP contribution in [0.1, 0.15) is 26.3 Å². The van der Waals surface area contributed by atoms with Gasteiger partial charge in [-0.15, -0.1) is 0 Å². The van der Waals surface area contributed by atoms with Gasteiger partial charge in [-0.05, 0) is 188 Å². The van der Waals surface area contributed by atoms with Crippen LogP contribution in [0.3, 0.4) is 0 Å². The highest BCUT2D eigenvalue weighted by atomic mass is 16.5. The average Bonchev–Trinajstić information content (AvgIpc) is 0.736. The van der Waals surface area contributed by atoms with Crippen molar-refractivity contribution in [2.24, 2.45) is 0 Å². The maximum Gasteiger partial charge on any atom is 0.337 e. The minimum atomic E-state index is -1.35. The molecule has 0 fully saturated rings. The van der Waals surface area contributed by atoms with E-state index in [4.69, 9.17) is 4.74 Å². The third kappa shape index (κ3) is 12.7. The fraction of sp³-hybridized carbons (Fsp3) is 0.0101. The van der Waals surface area contributed by atoms with Crippen molar-refractivity contribution in [1.29, 1.82) is 0 Å². The summed E-state index contributed by atoms with van der Waals surface area (Å²) in [7, 11) is 0. The SMILES string of the molecule is Cc1ccc(-c2c(-c3ccccc3)cc(-c3ccc(-c4cc(-c5ccccc5)c(-c5ccc(Oc6ccc(-c7c(-c8ccccc8)c(C(=O)O)c(C(=O)O)c(-c8ccccc8)c7-c7ccccc7)cc6)cc5)c(-c5ccccc5)c4-c4ccccc4)cc3)c(-c3ccccc3)c2-c2ccccc2)cc1. The quantitative estimate of drug-likeness (QED) is 0.0894. The number of carbonyl (C=O) groups is 2. The van der Waals surface area contributed by atoms with Gasteiger partial charge in [0.2, 0.25) is 0 Å². The second-order valence-corrected chi connectivity index (χ2v) is 25.9. The van der Waals surface area contributed by atoms with E-state index in [2.05, 4.69) is 262 Å². The van der Waals surface area contributed by atoms with Gasteiger partial charge in [0.15, 0.2) is 0 Å². The van der Waals surface area contributed by atoms with Gasteiger partial charge >= 0.3 is 11.9 Å². The van der Waals surface area contributed by atoms with Gasteiger partial charge < -0.3 is 14.9 Å². The van der Waals surface area contributed by atoms with Crippen molar-refractivity contribution >= 4 is 11.9 Å². The molecule has 0 spiro atoms. The predicted octanol–water partition coefficient (Wildman–Crippen LogP) is 26.5. The Bertz CT molecular complexity index is 5760. The van der Waals surface area contributed by atoms with E-state index in [1.165, 1.54) is 16.7 Å². The summed E-state index contributed by atoms with van der Waals surface area (Å²) in [4.78, 5) is 27.5. The molecule has 104 heavy (non-hydrogen) atoms. The van der Waals surface area contributed by atoms with Gasteiger partial charge in [-0.2, -0.15) is 0 Å². The molecule has 5 heteroatoms. The number of ether oxygens (including phenoxy) is 1. The minimum Gasteiger partial charge on any atom is -0.478 e. The molecule has 0 unspecified atom stereocenters. The lowest BCUT2D eigenvalue weighted by Crippen LogP contribution is -2.14. The second-order valence-electron chi connectivity index (χ2n) is 25.9. The van der Waals surface area contributed by atoms with Crippen LogP contribution in [-0.2, 0) is 0 Å². The van der Waals surface area contributed by atoms with Crippen LogP contribution in [0.15, 0.2) is 382 Å². The normalized spacial score (nSPS) is 11.1. The average molecular weight is 1340 g/mol. The molecule has 0 bridgehead atoms. The Morgan fingerprint density at radius 3 is 0.625 bits per heavy atom. The molecule has 494 valence electrons. The van der Waals surface area contributed by atoms with Gasteiger partial charge in [0, 0.05) is 11.1 Å². The molecular weight excluding hydrogens is 1270 g/mol. The maximum absolute atomic E-state index is 13.8. The number of aromatic carboxylic acids is 2. The molecule has 0 aliphatic carbocycles. The number of hydrogen-bond acceptors (Lipinski definition) is 3. The van der Waals surface area contributed by atoms with Crippen molar-refractivity contribution in [3.8, 4) is 167 Å². The lowest BCUT2D eigenvalue weighted by Gasteiger charge is -2.25. The van der Waals surface area contributed by atoms with Crippen LogP contribution in [0.25, 0.3) is 156 Å². The van der Waals surface area contributed by atoms with E-state index in [-0.39, 0.29) is 11.1 Å². The fourth-order valence-corrected chi connectivity index (χ4v) is 14.9. The van der Waals surface area contributed by atoms with E-state index in [0.717, 1.165) is 106 Å². The molecule has 0 amide bonds. The Morgan fingerprint density at radius 1 is 0.202 bits per heavy atom. The summed E-state index contributed by atoms with van der Waals surface area (Å²) in [5.74, 6) is -1.53. The van der Waals surface area contributed by atoms with Crippen LogP contribution >= 0.6 is 0 Å². The van der Waals surface area contributed by atoms with Crippen molar-refractivity contribution in [1.82, 2.24) is 0 Å². The molecule has 16 aromatic rings. The first-order valence-corrected chi connectivity index (χ1v) is 34.9. The molecule has 16 aromatic carbocycles. The summed E-state index contributed by atoms with van der Waals surface area (Å²) < 4.78 is 6.79. The summed E-state index contributed by atoms with van der Waals surface area (Å²) >= 11 is 0. The zero-order valence-electron chi connectivity index (χ0n) is 57.0. The van der Waals surface area contributed by atoms with Crippen LogP contribution in [0.5, 0.6) is 11.5 Å². The summed E-state index contributed by atoms with van der Waals surface area (Å²) in [6.45, 7) is 2.15. The number of hydrogen-bond donors (Lipinski definition) is 2. The zero-order valence-corrected chi connectivity index (χ0v) is 57.0. The van der Waals surface area contributed by atoms with Crippen LogP contribution in [-0.4, -0.2) is 22.2 Å². The largest absolute Gasteiger partial charge is 0.478 e. The van der Waals surface area contributed by atoms with Crippen LogP contribution < -0.4 is 4.74 Å². The fourth-order valence-electron chi connectivity index (χ4n) is 14.9. The van der Waals surface area contributed by atoms with E-state index < -0.39 is 11.9 Å². The predicted molar refractivity (Wildman–Crippen MR) is 428 cm³/mol. The first-order valence-electron chi connectivity index (χ1n) is 34.9. The first kappa shape index (κ1) is 64.9. The number of rotatable bonds is 18. The number of benzene rings is 16. The van der Waals surface area contributed by atoms with Crippen LogP contribution in [0.2, 0.25) is 0 Å². The monoisotopic (exact) mass is 1340 g/mol. The Labute approximate surface area is 605 Å². The lowest BCUT2D eigenvalue weighted by molar-refractivity contribution is 0.0653. The smallest absolute Gasteiger partial charge is 0.337 e.